The van der Waals surface area contributed by atoms with Gasteiger partial charge in [-0.05, 0) is 50.5 Å². The third kappa shape index (κ3) is 3.34. The molecule has 2 rings (SSSR count). The van der Waals surface area contributed by atoms with Crippen molar-refractivity contribution in [1.82, 2.24) is 9.78 Å². The topological polar surface area (TPSA) is 17.8 Å². The van der Waals surface area contributed by atoms with Crippen LogP contribution in [-0.2, 0) is 6.42 Å². The van der Waals surface area contributed by atoms with Gasteiger partial charge in [0, 0.05) is 11.0 Å². The molecule has 2 atom stereocenters. The Hall–Kier alpha value is -0.310. The van der Waals surface area contributed by atoms with Gasteiger partial charge < -0.3 is 0 Å². The summed E-state index contributed by atoms with van der Waals surface area (Å²) in [4.78, 5) is 0.744. The fourth-order valence-electron chi connectivity index (χ4n) is 2.85. The predicted octanol–water partition coefficient (Wildman–Crippen LogP) is 4.35. The number of nitrogens with zero attached hydrogens (tertiary/aromatic N) is 2. The van der Waals surface area contributed by atoms with Gasteiger partial charge in [-0.1, -0.05) is 29.8 Å². The zero-order valence-electron chi connectivity index (χ0n) is 10.9. The lowest BCUT2D eigenvalue weighted by molar-refractivity contribution is 0.421. The van der Waals surface area contributed by atoms with Gasteiger partial charge in [-0.3, -0.25) is 4.68 Å². The number of hydrogen-bond acceptors (Lipinski definition) is 1. The molecule has 0 bridgehead atoms. The molecule has 0 saturated heterocycles. The summed E-state index contributed by atoms with van der Waals surface area (Å²) in [5, 5.41) is 4.74. The van der Waals surface area contributed by atoms with Crippen LogP contribution in [0.15, 0.2) is 12.3 Å². The summed E-state index contributed by atoms with van der Waals surface area (Å²) in [7, 11) is 0. The minimum atomic E-state index is 0.580. The molecular formula is C14H23BrN2. The van der Waals surface area contributed by atoms with Gasteiger partial charge in [0.05, 0.1) is 11.7 Å². The van der Waals surface area contributed by atoms with Gasteiger partial charge in [-0.15, -0.1) is 0 Å². The molecule has 0 aliphatic heterocycles. The molecule has 0 aromatic carbocycles. The van der Waals surface area contributed by atoms with Crippen LogP contribution in [0.1, 0.15) is 57.7 Å². The molecule has 2 nitrogen and oxygen atoms in total. The van der Waals surface area contributed by atoms with E-state index in [0.29, 0.717) is 6.04 Å². The molecule has 1 fully saturated rings. The highest BCUT2D eigenvalue weighted by Gasteiger charge is 2.23. The summed E-state index contributed by atoms with van der Waals surface area (Å²) in [5.74, 6) is 0.837. The summed E-state index contributed by atoms with van der Waals surface area (Å²) in [6, 6.07) is 2.79. The maximum atomic E-state index is 4.74. The van der Waals surface area contributed by atoms with E-state index in [2.05, 4.69) is 46.7 Å². The molecule has 96 valence electrons. The van der Waals surface area contributed by atoms with Crippen molar-refractivity contribution >= 4 is 15.9 Å². The van der Waals surface area contributed by atoms with Crippen LogP contribution in [0.5, 0.6) is 0 Å². The van der Waals surface area contributed by atoms with E-state index in [1.807, 2.05) is 0 Å². The molecule has 17 heavy (non-hydrogen) atoms. The van der Waals surface area contributed by atoms with Gasteiger partial charge in [-0.25, -0.2) is 0 Å². The maximum absolute atomic E-state index is 4.74. The Morgan fingerprint density at radius 1 is 1.41 bits per heavy atom. The van der Waals surface area contributed by atoms with Gasteiger partial charge in [0.25, 0.3) is 0 Å². The number of hydrogen-bond donors (Lipinski definition) is 0. The Kier molecular flexibility index (Phi) is 4.66. The van der Waals surface area contributed by atoms with Crippen LogP contribution in [0.3, 0.4) is 0 Å². The fraction of sp³-hybridized carbons (Fsp3) is 0.786. The van der Waals surface area contributed by atoms with Crippen LogP contribution in [-0.4, -0.2) is 14.6 Å². The highest BCUT2D eigenvalue weighted by Crippen LogP contribution is 2.32. The van der Waals surface area contributed by atoms with Gasteiger partial charge in [0.15, 0.2) is 0 Å². The first kappa shape index (κ1) is 13.1. The Bertz CT molecular complexity index is 344. The van der Waals surface area contributed by atoms with Crippen molar-refractivity contribution in [2.75, 3.05) is 0 Å². The summed E-state index contributed by atoms with van der Waals surface area (Å²) in [6.45, 7) is 4.48. The van der Waals surface area contributed by atoms with Crippen LogP contribution in [0.2, 0.25) is 0 Å². The van der Waals surface area contributed by atoms with Crippen LogP contribution < -0.4 is 0 Å². The molecule has 0 amide bonds. The average molecular weight is 299 g/mol. The van der Waals surface area contributed by atoms with Crippen LogP contribution in [0, 0.1) is 5.92 Å². The second-order valence-corrected chi connectivity index (χ2v) is 6.53. The quantitative estimate of drug-likeness (QED) is 0.739. The lowest BCUT2D eigenvalue weighted by Gasteiger charge is -2.12. The third-order valence-corrected chi connectivity index (χ3v) is 4.79. The van der Waals surface area contributed by atoms with Gasteiger partial charge in [0.2, 0.25) is 0 Å². The molecule has 1 aliphatic carbocycles. The lowest BCUT2D eigenvalue weighted by atomic mass is 10.0. The van der Waals surface area contributed by atoms with Gasteiger partial charge in [0.1, 0.15) is 0 Å². The van der Waals surface area contributed by atoms with Crippen molar-refractivity contribution in [3.63, 3.8) is 0 Å². The first-order valence-corrected chi connectivity index (χ1v) is 7.82. The zero-order valence-corrected chi connectivity index (χ0v) is 12.5. The van der Waals surface area contributed by atoms with Crippen molar-refractivity contribution in [2.45, 2.75) is 63.2 Å². The van der Waals surface area contributed by atoms with Gasteiger partial charge >= 0.3 is 0 Å². The maximum Gasteiger partial charge on any atom is 0.0627 e. The smallest absolute Gasteiger partial charge is 0.0627 e. The molecule has 1 saturated carbocycles. The standard InChI is InChI=1S/C14H23BrN2/c1-3-14(4-2)17-8-7-13(16-17)10-11-5-6-12(15)9-11/h7-8,11-12,14H,3-6,9-10H2,1-2H3. The number of alkyl halides is 1. The number of aromatic nitrogens is 2. The first-order chi connectivity index (χ1) is 8.22. The van der Waals surface area contributed by atoms with Crippen LogP contribution in [0.4, 0.5) is 0 Å². The number of halogens is 1. The normalized spacial score (nSPS) is 24.7. The zero-order chi connectivity index (χ0) is 12.3. The van der Waals surface area contributed by atoms with Crippen molar-refractivity contribution in [2.24, 2.45) is 5.92 Å². The minimum Gasteiger partial charge on any atom is -0.269 e. The Labute approximate surface area is 113 Å². The Morgan fingerprint density at radius 2 is 2.18 bits per heavy atom. The van der Waals surface area contributed by atoms with Crippen molar-refractivity contribution < 1.29 is 0 Å². The second-order valence-electron chi connectivity index (χ2n) is 5.24. The second kappa shape index (κ2) is 6.03. The third-order valence-electron chi connectivity index (χ3n) is 3.96. The largest absolute Gasteiger partial charge is 0.269 e. The van der Waals surface area contributed by atoms with Gasteiger partial charge in [-0.2, -0.15) is 5.10 Å². The SMILES string of the molecule is CCC(CC)n1ccc(CC2CCC(Br)C2)n1. The van der Waals surface area contributed by atoms with E-state index in [9.17, 15) is 0 Å². The highest BCUT2D eigenvalue weighted by atomic mass is 79.9. The van der Waals surface area contributed by atoms with Crippen LogP contribution >= 0.6 is 15.9 Å². The van der Waals surface area contributed by atoms with E-state index in [1.54, 1.807) is 0 Å². The van der Waals surface area contributed by atoms with Crippen molar-refractivity contribution in [3.8, 4) is 0 Å². The molecular weight excluding hydrogens is 276 g/mol. The van der Waals surface area contributed by atoms with E-state index < -0.39 is 0 Å². The molecule has 2 unspecified atom stereocenters. The average Bonchev–Trinajstić information content (AvgIpc) is 2.91. The molecule has 1 aliphatic rings. The van der Waals surface area contributed by atoms with E-state index in [4.69, 9.17) is 5.10 Å². The van der Waals surface area contributed by atoms with E-state index >= 15 is 0 Å². The fourth-order valence-corrected chi connectivity index (χ4v) is 3.64. The summed E-state index contributed by atoms with van der Waals surface area (Å²) in [5.41, 5.74) is 1.28. The summed E-state index contributed by atoms with van der Waals surface area (Å²) >= 11 is 3.72. The lowest BCUT2D eigenvalue weighted by Crippen LogP contribution is -2.09. The molecule has 3 heteroatoms. The summed E-state index contributed by atoms with van der Waals surface area (Å²) < 4.78 is 2.16. The highest BCUT2D eigenvalue weighted by molar-refractivity contribution is 9.09. The minimum absolute atomic E-state index is 0.580. The molecule has 1 aromatic rings. The van der Waals surface area contributed by atoms with Crippen molar-refractivity contribution in [3.05, 3.63) is 18.0 Å². The molecule has 0 spiro atoms. The molecule has 1 aromatic heterocycles. The predicted molar refractivity (Wildman–Crippen MR) is 75.6 cm³/mol. The Balaban J connectivity index is 1.94. The van der Waals surface area contributed by atoms with E-state index in [1.165, 1.54) is 37.8 Å². The monoisotopic (exact) mass is 298 g/mol. The molecule has 1 heterocycles. The Morgan fingerprint density at radius 3 is 2.76 bits per heavy atom. The summed E-state index contributed by atoms with van der Waals surface area (Å²) in [6.07, 6.45) is 9.67. The van der Waals surface area contributed by atoms with Crippen LogP contribution in [0.25, 0.3) is 0 Å². The molecule has 0 radical (unpaired) electrons. The van der Waals surface area contributed by atoms with E-state index in [0.717, 1.165) is 17.2 Å². The number of rotatable bonds is 5. The van der Waals surface area contributed by atoms with Crippen molar-refractivity contribution in [1.29, 1.82) is 0 Å². The molecule has 0 N–H and O–H groups in total. The first-order valence-electron chi connectivity index (χ1n) is 6.91. The van der Waals surface area contributed by atoms with E-state index in [-0.39, 0.29) is 0 Å².